The summed E-state index contributed by atoms with van der Waals surface area (Å²) in [5, 5.41) is 6.39. The first-order valence-electron chi connectivity index (χ1n) is 9.42. The minimum atomic E-state index is -0.235. The van der Waals surface area contributed by atoms with Gasteiger partial charge < -0.3 is 20.1 Å². The summed E-state index contributed by atoms with van der Waals surface area (Å²) in [6, 6.07) is 15.1. The van der Waals surface area contributed by atoms with E-state index in [-0.39, 0.29) is 11.6 Å². The smallest absolute Gasteiger partial charge is 0.319 e. The normalized spacial score (nSPS) is 18.5. The lowest BCUT2D eigenvalue weighted by molar-refractivity contribution is -0.200. The Morgan fingerprint density at radius 2 is 1.68 bits per heavy atom. The van der Waals surface area contributed by atoms with Crippen molar-refractivity contribution in [3.8, 4) is 0 Å². The molecule has 0 unspecified atom stereocenters. The van der Waals surface area contributed by atoms with Gasteiger partial charge in [0.15, 0.2) is 0 Å². The maximum Gasteiger partial charge on any atom is 0.319 e. The topological polar surface area (TPSA) is 62.8 Å². The average Bonchev–Trinajstić information content (AvgIpc) is 2.68. The third kappa shape index (κ3) is 4.47. The number of morpholine rings is 1. The average molecular weight is 402 g/mol. The van der Waals surface area contributed by atoms with Crippen LogP contribution in [0.5, 0.6) is 0 Å². The summed E-state index contributed by atoms with van der Waals surface area (Å²) in [4.78, 5) is 14.5. The molecular formula is C21H24ClN3O3. The van der Waals surface area contributed by atoms with Crippen molar-refractivity contribution in [1.82, 2.24) is 10.2 Å². The number of ether oxygens (including phenoxy) is 2. The maximum atomic E-state index is 12.1. The highest BCUT2D eigenvalue weighted by Gasteiger charge is 2.46. The van der Waals surface area contributed by atoms with E-state index >= 15 is 0 Å². The maximum absolute atomic E-state index is 12.1. The van der Waals surface area contributed by atoms with Gasteiger partial charge in [-0.3, -0.25) is 4.90 Å². The van der Waals surface area contributed by atoms with Crippen LogP contribution in [0, 0.1) is 0 Å². The van der Waals surface area contributed by atoms with Crippen molar-refractivity contribution in [2.45, 2.75) is 18.6 Å². The Bertz CT molecular complexity index is 807. The number of nitrogens with one attached hydrogen (secondary N) is 2. The molecule has 0 aliphatic carbocycles. The second-order valence-corrected chi connectivity index (χ2v) is 7.76. The summed E-state index contributed by atoms with van der Waals surface area (Å²) < 4.78 is 11.1. The van der Waals surface area contributed by atoms with Crippen LogP contribution in [0.4, 0.5) is 10.5 Å². The predicted molar refractivity (Wildman–Crippen MR) is 109 cm³/mol. The van der Waals surface area contributed by atoms with E-state index in [1.54, 1.807) is 0 Å². The molecule has 2 N–H and O–H groups in total. The van der Waals surface area contributed by atoms with Crippen molar-refractivity contribution < 1.29 is 14.3 Å². The Morgan fingerprint density at radius 3 is 2.36 bits per heavy atom. The zero-order valence-electron chi connectivity index (χ0n) is 15.6. The number of nitrogens with zero attached hydrogens (tertiary/aromatic N) is 1. The van der Waals surface area contributed by atoms with Crippen molar-refractivity contribution in [3.63, 3.8) is 0 Å². The second kappa shape index (κ2) is 8.49. The summed E-state index contributed by atoms with van der Waals surface area (Å²) >= 11 is 5.87. The first-order valence-corrected chi connectivity index (χ1v) is 9.80. The summed E-state index contributed by atoms with van der Waals surface area (Å²) in [6.07, 6.45) is 0. The highest BCUT2D eigenvalue weighted by molar-refractivity contribution is 6.30. The molecule has 1 spiro atoms. The van der Waals surface area contributed by atoms with Crippen LogP contribution in [0.3, 0.4) is 0 Å². The quantitative estimate of drug-likeness (QED) is 0.807. The molecule has 0 atom stereocenters. The molecule has 2 heterocycles. The molecule has 0 bridgehead atoms. The minimum Gasteiger partial charge on any atom is -0.378 e. The Hall–Kier alpha value is -2.12. The third-order valence-corrected chi connectivity index (χ3v) is 5.49. The predicted octanol–water partition coefficient (Wildman–Crippen LogP) is 3.26. The molecule has 2 aliphatic rings. The van der Waals surface area contributed by atoms with Gasteiger partial charge in [0.05, 0.1) is 32.0 Å². The van der Waals surface area contributed by atoms with Gasteiger partial charge in [0.1, 0.15) is 0 Å². The number of halogens is 1. The molecule has 0 radical (unpaired) electrons. The molecule has 2 saturated heterocycles. The first kappa shape index (κ1) is 19.2. The van der Waals surface area contributed by atoms with Gasteiger partial charge in [-0.2, -0.15) is 0 Å². The van der Waals surface area contributed by atoms with Gasteiger partial charge in [-0.15, -0.1) is 0 Å². The standard InChI is InChI=1S/C21H24ClN3O3/c22-18-5-1-16(2-6-18)11-23-20(26)24-19-7-3-17(4-8-19)12-25-9-10-27-13-21(25)14-28-15-21/h1-8H,9-15H2,(H2,23,24,26). The molecule has 2 fully saturated rings. The highest BCUT2D eigenvalue weighted by Crippen LogP contribution is 2.30. The van der Waals surface area contributed by atoms with Crippen molar-refractivity contribution in [2.75, 3.05) is 38.3 Å². The fraction of sp³-hybridized carbons (Fsp3) is 0.381. The van der Waals surface area contributed by atoms with Crippen molar-refractivity contribution in [3.05, 3.63) is 64.7 Å². The number of urea groups is 1. The number of rotatable bonds is 5. The van der Waals surface area contributed by atoms with Crippen LogP contribution in [0.2, 0.25) is 5.02 Å². The summed E-state index contributed by atoms with van der Waals surface area (Å²) in [5.41, 5.74) is 3.01. The van der Waals surface area contributed by atoms with Gasteiger partial charge >= 0.3 is 6.03 Å². The number of hydrogen-bond donors (Lipinski definition) is 2. The SMILES string of the molecule is O=C(NCc1ccc(Cl)cc1)Nc1ccc(CN2CCOCC23COC3)cc1. The van der Waals surface area contributed by atoms with E-state index in [4.69, 9.17) is 21.1 Å². The summed E-state index contributed by atoms with van der Waals surface area (Å²) in [6.45, 7) is 5.19. The van der Waals surface area contributed by atoms with Crippen LogP contribution < -0.4 is 10.6 Å². The Kier molecular flexibility index (Phi) is 5.82. The van der Waals surface area contributed by atoms with Gasteiger partial charge in [-0.05, 0) is 35.4 Å². The van der Waals surface area contributed by atoms with Crippen molar-refractivity contribution in [1.29, 1.82) is 0 Å². The molecule has 0 aromatic heterocycles. The number of carbonyl (C=O) groups excluding carboxylic acids is 1. The number of carbonyl (C=O) groups is 1. The molecule has 0 saturated carbocycles. The van der Waals surface area contributed by atoms with Crippen molar-refractivity contribution >= 4 is 23.3 Å². The monoisotopic (exact) mass is 401 g/mol. The number of anilines is 1. The van der Waals surface area contributed by atoms with Crippen LogP contribution in [0.25, 0.3) is 0 Å². The zero-order chi connectivity index (χ0) is 19.4. The first-order chi connectivity index (χ1) is 13.6. The molecule has 6 nitrogen and oxygen atoms in total. The lowest BCUT2D eigenvalue weighted by atomic mass is 9.94. The lowest BCUT2D eigenvalue weighted by Gasteiger charge is -2.52. The molecule has 2 amide bonds. The number of amides is 2. The molecule has 2 aliphatic heterocycles. The van der Waals surface area contributed by atoms with Crippen LogP contribution in [-0.4, -0.2) is 49.4 Å². The van der Waals surface area contributed by atoms with E-state index in [1.807, 2.05) is 36.4 Å². The zero-order valence-corrected chi connectivity index (χ0v) is 16.4. The van der Waals surface area contributed by atoms with Crippen LogP contribution in [-0.2, 0) is 22.6 Å². The lowest BCUT2D eigenvalue weighted by Crippen LogP contribution is -2.67. The van der Waals surface area contributed by atoms with Crippen LogP contribution in [0.15, 0.2) is 48.5 Å². The largest absolute Gasteiger partial charge is 0.378 e. The molecule has 2 aromatic carbocycles. The van der Waals surface area contributed by atoms with Gasteiger partial charge in [0.25, 0.3) is 0 Å². The van der Waals surface area contributed by atoms with Crippen LogP contribution in [0.1, 0.15) is 11.1 Å². The molecule has 28 heavy (non-hydrogen) atoms. The van der Waals surface area contributed by atoms with E-state index in [9.17, 15) is 4.79 Å². The highest BCUT2D eigenvalue weighted by atomic mass is 35.5. The van der Waals surface area contributed by atoms with Crippen LogP contribution >= 0.6 is 11.6 Å². The Balaban J connectivity index is 1.28. The van der Waals surface area contributed by atoms with Gasteiger partial charge in [-0.1, -0.05) is 35.9 Å². The molecular weight excluding hydrogens is 378 g/mol. The Morgan fingerprint density at radius 1 is 1.00 bits per heavy atom. The van der Waals surface area contributed by atoms with E-state index in [2.05, 4.69) is 27.7 Å². The Labute approximate surface area is 169 Å². The molecule has 7 heteroatoms. The van der Waals surface area contributed by atoms with E-state index < -0.39 is 0 Å². The summed E-state index contributed by atoms with van der Waals surface area (Å²) in [5.74, 6) is 0. The number of benzene rings is 2. The molecule has 4 rings (SSSR count). The van der Waals surface area contributed by atoms with Gasteiger partial charge in [0.2, 0.25) is 0 Å². The minimum absolute atomic E-state index is 0.0384. The summed E-state index contributed by atoms with van der Waals surface area (Å²) in [7, 11) is 0. The fourth-order valence-corrected chi connectivity index (χ4v) is 3.62. The van der Waals surface area contributed by atoms with E-state index in [1.165, 1.54) is 5.56 Å². The molecule has 148 valence electrons. The third-order valence-electron chi connectivity index (χ3n) is 5.24. The van der Waals surface area contributed by atoms with E-state index in [0.29, 0.717) is 11.6 Å². The number of hydrogen-bond acceptors (Lipinski definition) is 4. The van der Waals surface area contributed by atoms with Crippen molar-refractivity contribution in [2.24, 2.45) is 0 Å². The fourth-order valence-electron chi connectivity index (χ4n) is 3.49. The second-order valence-electron chi connectivity index (χ2n) is 7.32. The molecule has 2 aromatic rings. The van der Waals surface area contributed by atoms with E-state index in [0.717, 1.165) is 50.8 Å². The van der Waals surface area contributed by atoms with Gasteiger partial charge in [0, 0.05) is 30.3 Å². The van der Waals surface area contributed by atoms with Gasteiger partial charge in [-0.25, -0.2) is 4.79 Å².